The molecule has 0 fully saturated rings. The van der Waals surface area contributed by atoms with Crippen LogP contribution in [0, 0.1) is 0 Å². The van der Waals surface area contributed by atoms with E-state index in [0.717, 1.165) is 4.88 Å². The highest BCUT2D eigenvalue weighted by Crippen LogP contribution is 2.28. The molecule has 1 amide bonds. The molecule has 1 heterocycles. The number of benzene rings is 1. The Morgan fingerprint density at radius 3 is 2.48 bits per heavy atom. The number of carbonyl (C=O) groups excluding carboxylic acids is 1. The molecule has 0 saturated heterocycles. The highest BCUT2D eigenvalue weighted by atomic mass is 35.5. The second-order valence-electron chi connectivity index (χ2n) is 4.94. The van der Waals surface area contributed by atoms with Crippen LogP contribution in [-0.4, -0.2) is 34.6 Å². The van der Waals surface area contributed by atoms with Crippen LogP contribution in [0.3, 0.4) is 0 Å². The fraction of sp³-hybridized carbons (Fsp3) is 0.267. The van der Waals surface area contributed by atoms with Crippen LogP contribution in [0.4, 0.5) is 0 Å². The molecular weight excluding hydrogens is 388 g/mol. The standard InChI is InChI=1S/C15H17ClN2O5S2/c1-22-12(13-6-7-14(16)24-13)8-18-25(20,21)11-4-2-10(3-5-11)23-9-15(17)19/h2-7,12,18H,8-9H2,1H3,(H2,17,19)/t12-/m0/s1. The van der Waals surface area contributed by atoms with Crippen LogP contribution in [0.25, 0.3) is 0 Å². The van der Waals surface area contributed by atoms with E-state index in [4.69, 9.17) is 26.8 Å². The van der Waals surface area contributed by atoms with Crippen LogP contribution < -0.4 is 15.2 Å². The summed E-state index contributed by atoms with van der Waals surface area (Å²) in [6.45, 7) is -0.209. The van der Waals surface area contributed by atoms with Gasteiger partial charge in [0.2, 0.25) is 10.0 Å². The lowest BCUT2D eigenvalue weighted by atomic mass is 10.3. The van der Waals surface area contributed by atoms with Crippen molar-refractivity contribution in [3.05, 3.63) is 45.6 Å². The number of amides is 1. The Hall–Kier alpha value is -1.65. The number of thiophene rings is 1. The minimum Gasteiger partial charge on any atom is -0.484 e. The van der Waals surface area contributed by atoms with E-state index in [0.29, 0.717) is 10.1 Å². The van der Waals surface area contributed by atoms with Gasteiger partial charge in [-0.2, -0.15) is 0 Å². The average molecular weight is 405 g/mol. The number of ether oxygens (including phenoxy) is 2. The van der Waals surface area contributed by atoms with Crippen LogP contribution in [0.15, 0.2) is 41.3 Å². The highest BCUT2D eigenvalue weighted by molar-refractivity contribution is 7.89. The summed E-state index contributed by atoms with van der Waals surface area (Å²) in [5.74, 6) is -0.265. The van der Waals surface area contributed by atoms with Gasteiger partial charge in [-0.25, -0.2) is 13.1 Å². The third-order valence-electron chi connectivity index (χ3n) is 3.17. The van der Waals surface area contributed by atoms with E-state index >= 15 is 0 Å². The second kappa shape index (κ2) is 8.63. The van der Waals surface area contributed by atoms with Crippen LogP contribution in [-0.2, 0) is 19.6 Å². The van der Waals surface area contributed by atoms with E-state index in [-0.39, 0.29) is 18.0 Å². The van der Waals surface area contributed by atoms with E-state index in [1.165, 1.54) is 42.7 Å². The average Bonchev–Trinajstić information content (AvgIpc) is 3.00. The van der Waals surface area contributed by atoms with Gasteiger partial charge in [-0.05, 0) is 36.4 Å². The van der Waals surface area contributed by atoms with E-state index in [2.05, 4.69) is 4.72 Å². The molecule has 0 aliphatic heterocycles. The molecule has 0 radical (unpaired) electrons. The Labute approximate surface area is 154 Å². The zero-order valence-corrected chi connectivity index (χ0v) is 15.7. The maximum Gasteiger partial charge on any atom is 0.255 e. The van der Waals surface area contributed by atoms with E-state index in [9.17, 15) is 13.2 Å². The number of halogens is 1. The first-order valence-electron chi connectivity index (χ1n) is 7.10. The number of rotatable bonds is 9. The predicted octanol–water partition coefficient (Wildman–Crippen LogP) is 1.93. The molecule has 1 aromatic heterocycles. The third kappa shape index (κ3) is 5.68. The molecule has 0 unspecified atom stereocenters. The molecule has 1 aromatic carbocycles. The van der Waals surface area contributed by atoms with Crippen molar-refractivity contribution in [2.24, 2.45) is 5.73 Å². The first kappa shape index (κ1) is 19.7. The number of sulfonamides is 1. The zero-order chi connectivity index (χ0) is 18.4. The quantitative estimate of drug-likeness (QED) is 0.663. The van der Waals surface area contributed by atoms with Crippen molar-refractivity contribution < 1.29 is 22.7 Å². The van der Waals surface area contributed by atoms with Crippen molar-refractivity contribution in [3.63, 3.8) is 0 Å². The van der Waals surface area contributed by atoms with Crippen LogP contribution in [0.2, 0.25) is 4.34 Å². The van der Waals surface area contributed by atoms with Crippen molar-refractivity contribution in [2.45, 2.75) is 11.0 Å². The molecule has 2 aromatic rings. The summed E-state index contributed by atoms with van der Waals surface area (Å²) >= 11 is 7.22. The molecule has 0 aliphatic rings. The van der Waals surface area contributed by atoms with Crippen LogP contribution in [0.1, 0.15) is 11.0 Å². The SMILES string of the molecule is CO[C@@H](CNS(=O)(=O)c1ccc(OCC(N)=O)cc1)c1ccc(Cl)s1. The van der Waals surface area contributed by atoms with Gasteiger partial charge in [0.1, 0.15) is 11.9 Å². The first-order chi connectivity index (χ1) is 11.8. The fourth-order valence-corrected chi connectivity index (χ4v) is 4.11. The number of methoxy groups -OCH3 is 1. The van der Waals surface area contributed by atoms with Gasteiger partial charge >= 0.3 is 0 Å². The normalized spacial score (nSPS) is 12.7. The summed E-state index contributed by atoms with van der Waals surface area (Å²) in [7, 11) is -2.22. The number of hydrogen-bond donors (Lipinski definition) is 2. The maximum atomic E-state index is 12.4. The molecule has 10 heteroatoms. The van der Waals surface area contributed by atoms with Crippen LogP contribution in [0.5, 0.6) is 5.75 Å². The van der Waals surface area contributed by atoms with Crippen LogP contribution >= 0.6 is 22.9 Å². The van der Waals surface area contributed by atoms with Crippen molar-refractivity contribution in [1.82, 2.24) is 4.72 Å². The second-order valence-corrected chi connectivity index (χ2v) is 8.46. The number of nitrogens with two attached hydrogens (primary N) is 1. The smallest absolute Gasteiger partial charge is 0.255 e. The zero-order valence-electron chi connectivity index (χ0n) is 13.3. The third-order valence-corrected chi connectivity index (χ3v) is 5.93. The number of nitrogens with one attached hydrogen (secondary N) is 1. The maximum absolute atomic E-state index is 12.4. The van der Waals surface area contributed by atoms with Crippen molar-refractivity contribution in [3.8, 4) is 5.75 Å². The Balaban J connectivity index is 2.01. The molecule has 0 bridgehead atoms. The molecule has 0 aliphatic carbocycles. The molecule has 0 spiro atoms. The predicted molar refractivity (Wildman–Crippen MR) is 95.4 cm³/mol. The summed E-state index contributed by atoms with van der Waals surface area (Å²) in [6.07, 6.45) is -0.439. The van der Waals surface area contributed by atoms with Crippen molar-refractivity contribution in [2.75, 3.05) is 20.3 Å². The Morgan fingerprint density at radius 2 is 1.96 bits per heavy atom. The topological polar surface area (TPSA) is 108 Å². The number of hydrogen-bond acceptors (Lipinski definition) is 6. The lowest BCUT2D eigenvalue weighted by Gasteiger charge is -2.15. The molecular formula is C15H17ClN2O5S2. The van der Waals surface area contributed by atoms with Crippen molar-refractivity contribution in [1.29, 1.82) is 0 Å². The van der Waals surface area contributed by atoms with Crippen molar-refractivity contribution >= 4 is 38.9 Å². The van der Waals surface area contributed by atoms with E-state index < -0.39 is 22.0 Å². The molecule has 3 N–H and O–H groups in total. The van der Waals surface area contributed by atoms with Gasteiger partial charge in [0.05, 0.1) is 9.23 Å². The number of primary amides is 1. The Morgan fingerprint density at radius 1 is 1.28 bits per heavy atom. The molecule has 136 valence electrons. The van der Waals surface area contributed by atoms with E-state index in [1.54, 1.807) is 12.1 Å². The minimum atomic E-state index is -3.72. The highest BCUT2D eigenvalue weighted by Gasteiger charge is 2.19. The number of carbonyl (C=O) groups is 1. The monoisotopic (exact) mass is 404 g/mol. The molecule has 25 heavy (non-hydrogen) atoms. The molecule has 0 saturated carbocycles. The lowest BCUT2D eigenvalue weighted by molar-refractivity contribution is -0.119. The van der Waals surface area contributed by atoms with Gasteiger partial charge < -0.3 is 15.2 Å². The van der Waals surface area contributed by atoms with Gasteiger partial charge in [-0.15, -0.1) is 11.3 Å². The summed E-state index contributed by atoms with van der Waals surface area (Å²) in [6, 6.07) is 9.17. The Kier molecular flexibility index (Phi) is 6.79. The first-order valence-corrected chi connectivity index (χ1v) is 9.78. The molecule has 2 rings (SSSR count). The van der Waals surface area contributed by atoms with Gasteiger partial charge in [0, 0.05) is 18.5 Å². The summed E-state index contributed by atoms with van der Waals surface area (Å²) in [4.78, 5) is 11.6. The summed E-state index contributed by atoms with van der Waals surface area (Å²) in [5.41, 5.74) is 4.98. The largest absolute Gasteiger partial charge is 0.484 e. The van der Waals surface area contributed by atoms with E-state index in [1.807, 2.05) is 0 Å². The lowest BCUT2D eigenvalue weighted by Crippen LogP contribution is -2.29. The molecule has 7 nitrogen and oxygen atoms in total. The minimum absolute atomic E-state index is 0.0651. The fourth-order valence-electron chi connectivity index (χ4n) is 1.94. The summed E-state index contributed by atoms with van der Waals surface area (Å²) in [5, 5.41) is 0. The molecule has 1 atom stereocenters. The van der Waals surface area contributed by atoms with Gasteiger partial charge in [0.25, 0.3) is 5.91 Å². The van der Waals surface area contributed by atoms with Gasteiger partial charge in [0.15, 0.2) is 6.61 Å². The van der Waals surface area contributed by atoms with Gasteiger partial charge in [-0.3, -0.25) is 4.79 Å². The van der Waals surface area contributed by atoms with Gasteiger partial charge in [-0.1, -0.05) is 11.6 Å². The Bertz CT molecular complexity index is 821. The summed E-state index contributed by atoms with van der Waals surface area (Å²) < 4.78 is 38.2.